The monoisotopic (exact) mass is 296 g/mol. The minimum Gasteiger partial charge on any atom is -1.00 e. The molecule has 0 saturated carbocycles. The Kier molecular flexibility index (Phi) is 11.2. The first-order valence-electron chi connectivity index (χ1n) is 7.55. The van der Waals surface area contributed by atoms with Gasteiger partial charge in [0.2, 0.25) is 0 Å². The van der Waals surface area contributed by atoms with Gasteiger partial charge in [0.25, 0.3) is 0 Å². The first-order chi connectivity index (χ1) is 9.08. The molecule has 4 nitrogen and oxygen atoms in total. The normalized spacial score (nSPS) is 26.0. The third-order valence-electron chi connectivity index (χ3n) is 3.74. The van der Waals surface area contributed by atoms with Gasteiger partial charge in [-0.15, -0.1) is 0 Å². The van der Waals surface area contributed by atoms with Crippen molar-refractivity contribution in [3.8, 4) is 0 Å². The van der Waals surface area contributed by atoms with Crippen LogP contribution < -0.4 is 29.6 Å². The molecular formula is C15H29NaO4. The van der Waals surface area contributed by atoms with Crippen LogP contribution in [-0.4, -0.2) is 30.6 Å². The van der Waals surface area contributed by atoms with E-state index in [1.165, 1.54) is 38.5 Å². The van der Waals surface area contributed by atoms with E-state index in [0.717, 1.165) is 12.8 Å². The van der Waals surface area contributed by atoms with Crippen LogP contribution >= 0.6 is 0 Å². The summed E-state index contributed by atoms with van der Waals surface area (Å²) in [6, 6.07) is 0. The van der Waals surface area contributed by atoms with Crippen molar-refractivity contribution >= 4 is 5.97 Å². The number of aliphatic carboxylic acids is 1. The van der Waals surface area contributed by atoms with Crippen LogP contribution in [0.5, 0.6) is 0 Å². The van der Waals surface area contributed by atoms with E-state index in [0.29, 0.717) is 0 Å². The van der Waals surface area contributed by atoms with E-state index in [1.807, 2.05) is 0 Å². The quantitative estimate of drug-likeness (QED) is 0.503. The molecule has 1 fully saturated rings. The number of carbonyl (C=O) groups is 1. The predicted octanol–water partition coefficient (Wildman–Crippen LogP) is 0.707. The Labute approximate surface area is 146 Å². The maximum absolute atomic E-state index is 11.0. The Hall–Kier alpha value is 0.390. The Morgan fingerprint density at radius 3 is 2.15 bits per heavy atom. The summed E-state index contributed by atoms with van der Waals surface area (Å²) < 4.78 is 11.0. The van der Waals surface area contributed by atoms with Gasteiger partial charge in [0, 0.05) is 0 Å². The molecule has 1 aliphatic heterocycles. The zero-order valence-electron chi connectivity index (χ0n) is 14.3. The van der Waals surface area contributed by atoms with Gasteiger partial charge in [0.15, 0.2) is 6.29 Å². The topological polar surface area (TPSA) is 55.8 Å². The Morgan fingerprint density at radius 2 is 1.65 bits per heavy atom. The van der Waals surface area contributed by atoms with E-state index in [4.69, 9.17) is 14.6 Å². The van der Waals surface area contributed by atoms with Crippen molar-refractivity contribution < 1.29 is 50.4 Å². The third kappa shape index (κ3) is 7.41. The molecular weight excluding hydrogens is 267 g/mol. The molecule has 1 aliphatic rings. The minimum atomic E-state index is -0.878. The van der Waals surface area contributed by atoms with Gasteiger partial charge >= 0.3 is 35.5 Å². The van der Waals surface area contributed by atoms with Crippen LogP contribution in [-0.2, 0) is 14.3 Å². The maximum atomic E-state index is 11.0. The molecule has 0 bridgehead atoms. The SMILES string of the molecule is CCCCCCCCCC1OCC(C)(C(=O)O)CO1.[H-].[Na+]. The number of unbranched alkanes of at least 4 members (excludes halogenated alkanes) is 6. The van der Waals surface area contributed by atoms with E-state index < -0.39 is 11.4 Å². The minimum absolute atomic E-state index is 0. The molecule has 0 aromatic heterocycles. The van der Waals surface area contributed by atoms with Gasteiger partial charge in [-0.05, 0) is 19.8 Å². The van der Waals surface area contributed by atoms with Crippen molar-refractivity contribution in [3.05, 3.63) is 0 Å². The van der Waals surface area contributed by atoms with Crippen LogP contribution in [0.1, 0.15) is 66.6 Å². The number of hydrogen-bond donors (Lipinski definition) is 1. The largest absolute Gasteiger partial charge is 1.00 e. The van der Waals surface area contributed by atoms with E-state index in [1.54, 1.807) is 6.92 Å². The van der Waals surface area contributed by atoms with E-state index >= 15 is 0 Å². The van der Waals surface area contributed by atoms with Crippen molar-refractivity contribution in [3.63, 3.8) is 0 Å². The smallest absolute Gasteiger partial charge is 1.00 e. The summed E-state index contributed by atoms with van der Waals surface area (Å²) in [6.45, 7) is 4.40. The van der Waals surface area contributed by atoms with E-state index in [2.05, 4.69) is 6.92 Å². The molecule has 0 spiro atoms. The first kappa shape index (κ1) is 20.4. The third-order valence-corrected chi connectivity index (χ3v) is 3.74. The van der Waals surface area contributed by atoms with Crippen molar-refractivity contribution in [2.45, 2.75) is 71.5 Å². The zero-order valence-corrected chi connectivity index (χ0v) is 15.3. The fourth-order valence-corrected chi connectivity index (χ4v) is 2.20. The molecule has 0 radical (unpaired) electrons. The molecule has 0 unspecified atom stereocenters. The van der Waals surface area contributed by atoms with Gasteiger partial charge in [0.05, 0.1) is 13.2 Å². The van der Waals surface area contributed by atoms with Crippen LogP contribution in [0.2, 0.25) is 0 Å². The van der Waals surface area contributed by atoms with Crippen LogP contribution in [0.3, 0.4) is 0 Å². The first-order valence-corrected chi connectivity index (χ1v) is 7.55. The van der Waals surface area contributed by atoms with Crippen LogP contribution in [0.4, 0.5) is 0 Å². The number of rotatable bonds is 9. The number of carboxylic acids is 1. The predicted molar refractivity (Wildman–Crippen MR) is 75.2 cm³/mol. The summed E-state index contributed by atoms with van der Waals surface area (Å²) >= 11 is 0. The molecule has 1 heterocycles. The van der Waals surface area contributed by atoms with Crippen molar-refractivity contribution in [1.29, 1.82) is 0 Å². The van der Waals surface area contributed by atoms with Crippen molar-refractivity contribution in [1.82, 2.24) is 0 Å². The second-order valence-electron chi connectivity index (χ2n) is 5.83. The Morgan fingerprint density at radius 1 is 1.15 bits per heavy atom. The van der Waals surface area contributed by atoms with E-state index in [9.17, 15) is 4.79 Å². The van der Waals surface area contributed by atoms with Gasteiger partial charge in [0.1, 0.15) is 5.41 Å². The fourth-order valence-electron chi connectivity index (χ4n) is 2.20. The fraction of sp³-hybridized carbons (Fsp3) is 0.933. The number of carboxylic acid groups (broad SMARTS) is 1. The summed E-state index contributed by atoms with van der Waals surface area (Å²) in [5, 5.41) is 9.04. The van der Waals surface area contributed by atoms with Crippen LogP contribution in [0, 0.1) is 5.41 Å². The molecule has 20 heavy (non-hydrogen) atoms. The number of hydrogen-bond acceptors (Lipinski definition) is 3. The molecule has 114 valence electrons. The molecule has 5 heteroatoms. The molecule has 1 rings (SSSR count). The summed E-state index contributed by atoms with van der Waals surface area (Å²) in [6.07, 6.45) is 9.53. The van der Waals surface area contributed by atoms with Gasteiger partial charge in [-0.2, -0.15) is 0 Å². The molecule has 0 aliphatic carbocycles. The Bertz CT molecular complexity index is 268. The molecule has 1 saturated heterocycles. The second kappa shape index (κ2) is 11.0. The molecule has 0 atom stereocenters. The summed E-state index contributed by atoms with van der Waals surface area (Å²) in [7, 11) is 0. The van der Waals surface area contributed by atoms with Gasteiger partial charge in [-0.3, -0.25) is 4.79 Å². The standard InChI is InChI=1S/C15H28O4.Na.H/c1-3-4-5-6-7-8-9-10-13-18-11-15(2,12-19-13)14(16)17;;/h13H,3-12H2,1-2H3,(H,16,17);;/q;+1;-1. The van der Waals surface area contributed by atoms with Crippen molar-refractivity contribution in [2.24, 2.45) is 5.41 Å². The Balaban J connectivity index is 0. The average Bonchev–Trinajstić information content (AvgIpc) is 2.40. The second-order valence-corrected chi connectivity index (χ2v) is 5.83. The van der Waals surface area contributed by atoms with Gasteiger partial charge in [-0.1, -0.05) is 45.4 Å². The summed E-state index contributed by atoms with van der Waals surface area (Å²) in [4.78, 5) is 11.0. The molecule has 0 aromatic rings. The molecule has 0 amide bonds. The molecule has 1 N–H and O–H groups in total. The van der Waals surface area contributed by atoms with Crippen LogP contribution in [0.15, 0.2) is 0 Å². The maximum Gasteiger partial charge on any atom is 1.00 e. The van der Waals surface area contributed by atoms with Gasteiger partial charge in [-0.25, -0.2) is 0 Å². The summed E-state index contributed by atoms with van der Waals surface area (Å²) in [5.74, 6) is -0.845. The average molecular weight is 296 g/mol. The van der Waals surface area contributed by atoms with Gasteiger partial charge < -0.3 is 16.0 Å². The van der Waals surface area contributed by atoms with Crippen LogP contribution in [0.25, 0.3) is 0 Å². The van der Waals surface area contributed by atoms with Crippen molar-refractivity contribution in [2.75, 3.05) is 13.2 Å². The molecule has 0 aromatic carbocycles. The summed E-state index contributed by atoms with van der Waals surface area (Å²) in [5.41, 5.74) is -0.878. The zero-order chi connectivity index (χ0) is 14.1. The van der Waals surface area contributed by atoms with E-state index in [-0.39, 0.29) is 50.5 Å². The number of ether oxygens (including phenoxy) is 2.